The van der Waals surface area contributed by atoms with Crippen LogP contribution in [0.2, 0.25) is 0 Å². The van der Waals surface area contributed by atoms with Gasteiger partial charge in [0.2, 0.25) is 0 Å². The molecule has 0 amide bonds. The molecule has 0 saturated heterocycles. The van der Waals surface area contributed by atoms with E-state index in [-0.39, 0.29) is 60.5 Å². The summed E-state index contributed by atoms with van der Waals surface area (Å²) in [5.74, 6) is 3.23. The monoisotopic (exact) mass is 581 g/mol. The summed E-state index contributed by atoms with van der Waals surface area (Å²) in [5, 5.41) is 2.90. The van der Waals surface area contributed by atoms with E-state index < -0.39 is 0 Å². The number of fused-ring (bicyclic) bond motifs is 2. The van der Waals surface area contributed by atoms with Gasteiger partial charge in [0.05, 0.1) is 0 Å². The van der Waals surface area contributed by atoms with Crippen LogP contribution in [0.25, 0.3) is 0 Å². The van der Waals surface area contributed by atoms with Crippen molar-refractivity contribution in [2.75, 3.05) is 0 Å². The normalized spacial score (nSPS) is 24.5. The Balaban J connectivity index is 0.000000249. The molecule has 4 aliphatic carbocycles. The van der Waals surface area contributed by atoms with Gasteiger partial charge in [0.25, 0.3) is 0 Å². The maximum Gasteiger partial charge on any atom is 4.00 e. The summed E-state index contributed by atoms with van der Waals surface area (Å²) in [4.78, 5) is 0. The van der Waals surface area contributed by atoms with Crippen LogP contribution < -0.4 is 35.2 Å². The summed E-state index contributed by atoms with van der Waals surface area (Å²) < 4.78 is 0. The van der Waals surface area contributed by atoms with Crippen LogP contribution in [0.1, 0.15) is 25.7 Å². The molecule has 4 atom stereocenters. The Morgan fingerprint density at radius 1 is 0.559 bits per heavy atom. The van der Waals surface area contributed by atoms with Crippen molar-refractivity contribution in [3.63, 3.8) is 0 Å². The number of halogens is 2. The van der Waals surface area contributed by atoms with E-state index in [0.717, 1.165) is 23.7 Å². The van der Waals surface area contributed by atoms with Crippen molar-refractivity contribution in [3.8, 4) is 0 Å². The molecule has 0 N–H and O–H groups in total. The Bertz CT molecular complexity index is 796. The Morgan fingerprint density at radius 2 is 0.941 bits per heavy atom. The molecule has 34 heavy (non-hydrogen) atoms. The molecule has 2 saturated carbocycles. The van der Waals surface area contributed by atoms with Crippen molar-refractivity contribution in [1.82, 2.24) is 0 Å². The zero-order valence-electron chi connectivity index (χ0n) is 19.5. The summed E-state index contributed by atoms with van der Waals surface area (Å²) in [6, 6.07) is 21.3. The maximum absolute atomic E-state index is 2.42. The molecular weight excluding hydrogens is 551 g/mol. The topological polar surface area (TPSA) is 0 Å². The van der Waals surface area contributed by atoms with Crippen molar-refractivity contribution in [1.29, 1.82) is 0 Å². The van der Waals surface area contributed by atoms with Gasteiger partial charge in [0.1, 0.15) is 9.52 Å². The van der Waals surface area contributed by atoms with Crippen molar-refractivity contribution in [3.05, 3.63) is 122 Å². The third kappa shape index (κ3) is 9.98. The molecule has 0 aromatic heterocycles. The molecule has 6 rings (SSSR count). The molecule has 0 spiro atoms. The molecule has 2 aromatic rings. The second-order valence-electron chi connectivity index (χ2n) is 8.61. The number of rotatable bonds is 2. The van der Waals surface area contributed by atoms with E-state index >= 15 is 0 Å². The standard InChI is InChI=1S/C12H11Si.2C9H11.2ClH.Zr/c1-3-7-11(8-4-1)13-12-9-5-2-6-10-12;2*1-2-5-9-7-3-6-8(9)4-1;;;/h1-10,13H;2*1-2,4-6,8-9H,3,7H2;2*1H;/q;2*-1;;;+4/p-2. The van der Waals surface area contributed by atoms with Crippen LogP contribution in [0.4, 0.5) is 0 Å². The molecule has 4 aliphatic rings. The third-order valence-corrected chi connectivity index (χ3v) is 7.84. The van der Waals surface area contributed by atoms with Gasteiger partial charge in [0.15, 0.2) is 0 Å². The van der Waals surface area contributed by atoms with E-state index in [4.69, 9.17) is 0 Å². The first-order valence-corrected chi connectivity index (χ1v) is 12.9. The van der Waals surface area contributed by atoms with Crippen LogP contribution in [0, 0.1) is 36.5 Å². The second-order valence-corrected chi connectivity index (χ2v) is 10.2. The molecular formula is C30H33Cl2SiZr. The fourth-order valence-electron chi connectivity index (χ4n) is 4.68. The van der Waals surface area contributed by atoms with Gasteiger partial charge in [0, 0.05) is 0 Å². The van der Waals surface area contributed by atoms with Crippen LogP contribution >= 0.6 is 0 Å². The van der Waals surface area contributed by atoms with Gasteiger partial charge in [-0.2, -0.15) is 12.8 Å². The molecule has 0 aliphatic heterocycles. The molecule has 2 fully saturated rings. The van der Waals surface area contributed by atoms with Crippen molar-refractivity contribution in [2.24, 2.45) is 23.7 Å². The summed E-state index contributed by atoms with van der Waals surface area (Å²) in [6.45, 7) is 0. The van der Waals surface area contributed by atoms with E-state index in [0.29, 0.717) is 0 Å². The van der Waals surface area contributed by atoms with Crippen LogP contribution in [0.3, 0.4) is 0 Å². The van der Waals surface area contributed by atoms with Crippen LogP contribution in [0.5, 0.6) is 0 Å². The molecule has 0 bridgehead atoms. The van der Waals surface area contributed by atoms with Gasteiger partial charge in [-0.1, -0.05) is 120 Å². The van der Waals surface area contributed by atoms with Crippen molar-refractivity contribution in [2.45, 2.75) is 25.7 Å². The predicted molar refractivity (Wildman–Crippen MR) is 137 cm³/mol. The molecule has 4 heteroatoms. The van der Waals surface area contributed by atoms with Gasteiger partial charge < -0.3 is 37.7 Å². The first kappa shape index (κ1) is 31.1. The summed E-state index contributed by atoms with van der Waals surface area (Å²) >= 11 is 0. The van der Waals surface area contributed by atoms with Crippen LogP contribution in [-0.2, 0) is 26.2 Å². The molecule has 0 heterocycles. The fraction of sp³-hybridized carbons (Fsp3) is 0.267. The summed E-state index contributed by atoms with van der Waals surface area (Å²) in [6.07, 6.45) is 28.1. The van der Waals surface area contributed by atoms with Gasteiger partial charge in [-0.15, -0.1) is 24.0 Å². The molecule has 1 radical (unpaired) electrons. The van der Waals surface area contributed by atoms with Gasteiger partial charge in [-0.25, -0.2) is 0 Å². The maximum atomic E-state index is 2.42. The minimum Gasteiger partial charge on any atom is -1.00 e. The number of benzene rings is 2. The van der Waals surface area contributed by atoms with Gasteiger partial charge in [-0.3, -0.25) is 0 Å². The zero-order valence-corrected chi connectivity index (χ0v) is 24.6. The smallest absolute Gasteiger partial charge is 1.00 e. The molecule has 0 nitrogen and oxygen atoms in total. The SMILES string of the molecule is C1=CC2[CH-]CCC2C=C1.C1=CC2[CH-]CCC2C=C1.[Cl-].[Cl-].[Zr+4].c1ccc([SiH]c2ccccc2)cc1. The van der Waals surface area contributed by atoms with Crippen molar-refractivity contribution < 1.29 is 51.0 Å². The van der Waals surface area contributed by atoms with Gasteiger partial charge >= 0.3 is 26.2 Å². The first-order valence-electron chi connectivity index (χ1n) is 11.7. The molecule has 4 unspecified atom stereocenters. The minimum atomic E-state index is 0. The Labute approximate surface area is 240 Å². The van der Waals surface area contributed by atoms with Crippen LogP contribution in [0.15, 0.2) is 109 Å². The van der Waals surface area contributed by atoms with E-state index in [1.165, 1.54) is 36.1 Å². The van der Waals surface area contributed by atoms with Gasteiger partial charge in [-0.05, 0) is 11.8 Å². The van der Waals surface area contributed by atoms with E-state index in [9.17, 15) is 0 Å². The molecule has 2 aromatic carbocycles. The van der Waals surface area contributed by atoms with E-state index in [1.54, 1.807) is 0 Å². The fourth-order valence-corrected chi connectivity index (χ4v) is 5.89. The number of hydrogen-bond acceptors (Lipinski definition) is 0. The predicted octanol–water partition coefficient (Wildman–Crippen LogP) is -0.235. The van der Waals surface area contributed by atoms with Crippen molar-refractivity contribution >= 4 is 19.9 Å². The quantitative estimate of drug-likeness (QED) is 0.339. The average Bonchev–Trinajstić information content (AvgIpc) is 3.51. The zero-order chi connectivity index (χ0) is 21.1. The average molecular weight is 584 g/mol. The Morgan fingerprint density at radius 3 is 1.32 bits per heavy atom. The third-order valence-electron chi connectivity index (χ3n) is 6.40. The van der Waals surface area contributed by atoms with E-state index in [1.807, 2.05) is 0 Å². The second kappa shape index (κ2) is 17.5. The first-order chi connectivity index (χ1) is 15.4. The summed E-state index contributed by atoms with van der Waals surface area (Å²) in [7, 11) is 0.271. The Hall–Kier alpha value is -0.920. The van der Waals surface area contributed by atoms with E-state index in [2.05, 4.69) is 122 Å². The Kier molecular flexibility index (Phi) is 16.0. The van der Waals surface area contributed by atoms with Crippen LogP contribution in [-0.4, -0.2) is 9.52 Å². The summed E-state index contributed by atoms with van der Waals surface area (Å²) in [5.41, 5.74) is 0. The minimum absolute atomic E-state index is 0. The number of hydrogen-bond donors (Lipinski definition) is 0. The molecule has 175 valence electrons. The number of allylic oxidation sites excluding steroid dienone is 8. The largest absolute Gasteiger partial charge is 4.00 e.